The summed E-state index contributed by atoms with van der Waals surface area (Å²) in [6.45, 7) is 5.05. The number of carbonyl (C=O) groups is 1. The summed E-state index contributed by atoms with van der Waals surface area (Å²) in [4.78, 5) is 13.2. The molecule has 0 aromatic heterocycles. The zero-order chi connectivity index (χ0) is 15.2. The first-order chi connectivity index (χ1) is 10.0. The van der Waals surface area contributed by atoms with Crippen molar-refractivity contribution in [2.75, 3.05) is 12.3 Å². The SMILES string of the molecule is CC1CC(NC(=O)C(C)CSc2ccc(F)cc2)CCN1.Cl. The Morgan fingerprint density at radius 3 is 2.77 bits per heavy atom. The molecule has 0 bridgehead atoms. The minimum absolute atomic E-state index is 0. The Hall–Kier alpha value is -0.780. The van der Waals surface area contributed by atoms with Crippen LogP contribution in [0.1, 0.15) is 26.7 Å². The molecule has 0 radical (unpaired) electrons. The van der Waals surface area contributed by atoms with E-state index in [9.17, 15) is 9.18 Å². The fourth-order valence-corrected chi connectivity index (χ4v) is 3.36. The van der Waals surface area contributed by atoms with Crippen LogP contribution in [0.3, 0.4) is 0 Å². The Kier molecular flexibility index (Phi) is 8.21. The van der Waals surface area contributed by atoms with Gasteiger partial charge in [0.1, 0.15) is 5.82 Å². The number of hydrogen-bond acceptors (Lipinski definition) is 3. The first kappa shape index (κ1) is 19.3. The predicted octanol–water partition coefficient (Wildman–Crippen LogP) is 3.23. The number of halogens is 2. The van der Waals surface area contributed by atoms with Crippen molar-refractivity contribution in [3.05, 3.63) is 30.1 Å². The smallest absolute Gasteiger partial charge is 0.223 e. The second-order valence-corrected chi connectivity index (χ2v) is 6.84. The molecule has 1 aliphatic rings. The van der Waals surface area contributed by atoms with Crippen molar-refractivity contribution in [1.82, 2.24) is 10.6 Å². The van der Waals surface area contributed by atoms with Crippen LogP contribution in [0.4, 0.5) is 4.39 Å². The number of hydrogen-bond donors (Lipinski definition) is 2. The summed E-state index contributed by atoms with van der Waals surface area (Å²) in [6, 6.07) is 7.14. The average molecular weight is 347 g/mol. The highest BCUT2D eigenvalue weighted by Gasteiger charge is 2.22. The first-order valence-electron chi connectivity index (χ1n) is 7.46. The van der Waals surface area contributed by atoms with Gasteiger partial charge in [-0.25, -0.2) is 4.39 Å². The number of carbonyl (C=O) groups excluding carboxylic acids is 1. The van der Waals surface area contributed by atoms with Crippen molar-refractivity contribution >= 4 is 30.1 Å². The predicted molar refractivity (Wildman–Crippen MR) is 92.2 cm³/mol. The number of rotatable bonds is 5. The minimum atomic E-state index is -0.231. The van der Waals surface area contributed by atoms with E-state index in [1.807, 2.05) is 6.92 Å². The third kappa shape index (κ3) is 6.15. The molecule has 0 aliphatic carbocycles. The highest BCUT2D eigenvalue weighted by atomic mass is 35.5. The first-order valence-corrected chi connectivity index (χ1v) is 8.45. The van der Waals surface area contributed by atoms with E-state index in [-0.39, 0.29) is 36.1 Å². The number of nitrogens with one attached hydrogen (secondary N) is 2. The third-order valence-corrected chi connectivity index (χ3v) is 5.00. The van der Waals surface area contributed by atoms with Gasteiger partial charge in [-0.2, -0.15) is 0 Å². The molecule has 2 rings (SSSR count). The molecule has 1 heterocycles. The Morgan fingerprint density at radius 2 is 2.14 bits per heavy atom. The van der Waals surface area contributed by atoms with Crippen molar-refractivity contribution in [3.8, 4) is 0 Å². The maximum absolute atomic E-state index is 12.8. The molecule has 1 fully saturated rings. The Morgan fingerprint density at radius 1 is 1.45 bits per heavy atom. The summed E-state index contributed by atoms with van der Waals surface area (Å²) < 4.78 is 12.8. The lowest BCUT2D eigenvalue weighted by atomic mass is 10.00. The summed E-state index contributed by atoms with van der Waals surface area (Å²) in [5, 5.41) is 6.52. The van der Waals surface area contributed by atoms with Crippen LogP contribution in [-0.2, 0) is 4.79 Å². The number of benzene rings is 1. The van der Waals surface area contributed by atoms with Crippen molar-refractivity contribution in [1.29, 1.82) is 0 Å². The van der Waals surface area contributed by atoms with Crippen LogP contribution in [0, 0.1) is 11.7 Å². The van der Waals surface area contributed by atoms with Crippen LogP contribution in [0.2, 0.25) is 0 Å². The van der Waals surface area contributed by atoms with Crippen LogP contribution < -0.4 is 10.6 Å². The molecule has 1 saturated heterocycles. The molecule has 0 spiro atoms. The second-order valence-electron chi connectivity index (χ2n) is 5.75. The molecule has 0 saturated carbocycles. The zero-order valence-electron chi connectivity index (χ0n) is 13.0. The van der Waals surface area contributed by atoms with Gasteiger partial charge in [-0.1, -0.05) is 6.92 Å². The third-order valence-electron chi connectivity index (χ3n) is 3.73. The van der Waals surface area contributed by atoms with Gasteiger partial charge in [0.15, 0.2) is 0 Å². The maximum atomic E-state index is 12.8. The summed E-state index contributed by atoms with van der Waals surface area (Å²) in [6.07, 6.45) is 1.98. The monoisotopic (exact) mass is 346 g/mol. The summed E-state index contributed by atoms with van der Waals surface area (Å²) in [7, 11) is 0. The second kappa shape index (κ2) is 9.38. The fraction of sp³-hybridized carbons (Fsp3) is 0.562. The molecular formula is C16H24ClFN2OS. The van der Waals surface area contributed by atoms with Gasteiger partial charge in [-0.15, -0.1) is 24.2 Å². The number of piperidine rings is 1. The van der Waals surface area contributed by atoms with Gasteiger partial charge in [0, 0.05) is 28.6 Å². The van der Waals surface area contributed by atoms with Gasteiger partial charge in [-0.3, -0.25) is 4.79 Å². The van der Waals surface area contributed by atoms with Crippen molar-refractivity contribution in [2.45, 2.75) is 43.7 Å². The highest BCUT2D eigenvalue weighted by molar-refractivity contribution is 7.99. The Labute approximate surface area is 142 Å². The van der Waals surface area contributed by atoms with Crippen LogP contribution in [0.5, 0.6) is 0 Å². The van der Waals surface area contributed by atoms with E-state index in [1.54, 1.807) is 23.9 Å². The molecule has 3 unspecified atom stereocenters. The van der Waals surface area contributed by atoms with E-state index in [1.165, 1.54) is 12.1 Å². The van der Waals surface area contributed by atoms with Crippen LogP contribution in [0.15, 0.2) is 29.2 Å². The van der Waals surface area contributed by atoms with Crippen LogP contribution in [-0.4, -0.2) is 30.3 Å². The van der Waals surface area contributed by atoms with Gasteiger partial charge < -0.3 is 10.6 Å². The van der Waals surface area contributed by atoms with Crippen LogP contribution >= 0.6 is 24.2 Å². The topological polar surface area (TPSA) is 41.1 Å². The van der Waals surface area contributed by atoms with E-state index in [4.69, 9.17) is 0 Å². The van der Waals surface area contributed by atoms with Gasteiger partial charge in [-0.05, 0) is 50.6 Å². The Bertz CT molecular complexity index is 472. The zero-order valence-corrected chi connectivity index (χ0v) is 14.6. The fourth-order valence-electron chi connectivity index (χ4n) is 2.43. The lowest BCUT2D eigenvalue weighted by Crippen LogP contribution is -2.48. The van der Waals surface area contributed by atoms with Gasteiger partial charge in [0.2, 0.25) is 5.91 Å². The molecule has 1 aliphatic heterocycles. The summed E-state index contributed by atoms with van der Waals surface area (Å²) in [5.41, 5.74) is 0. The number of amides is 1. The van der Waals surface area contributed by atoms with Crippen molar-refractivity contribution in [2.24, 2.45) is 5.92 Å². The van der Waals surface area contributed by atoms with E-state index in [0.717, 1.165) is 24.3 Å². The van der Waals surface area contributed by atoms with E-state index in [0.29, 0.717) is 11.8 Å². The molecule has 124 valence electrons. The normalized spacial score (nSPS) is 22.5. The van der Waals surface area contributed by atoms with Crippen LogP contribution in [0.25, 0.3) is 0 Å². The average Bonchev–Trinajstić information content (AvgIpc) is 2.46. The van der Waals surface area contributed by atoms with E-state index < -0.39 is 0 Å². The summed E-state index contributed by atoms with van der Waals surface area (Å²) in [5.74, 6) is 0.539. The van der Waals surface area contributed by atoms with E-state index in [2.05, 4.69) is 17.6 Å². The molecule has 6 heteroatoms. The quantitative estimate of drug-likeness (QED) is 0.804. The van der Waals surface area contributed by atoms with E-state index >= 15 is 0 Å². The largest absolute Gasteiger partial charge is 0.353 e. The Balaban J connectivity index is 0.00000242. The van der Waals surface area contributed by atoms with Gasteiger partial charge in [0.05, 0.1) is 0 Å². The van der Waals surface area contributed by atoms with Crippen molar-refractivity contribution in [3.63, 3.8) is 0 Å². The lowest BCUT2D eigenvalue weighted by Gasteiger charge is -2.29. The lowest BCUT2D eigenvalue weighted by molar-refractivity contribution is -0.124. The highest BCUT2D eigenvalue weighted by Crippen LogP contribution is 2.21. The molecule has 3 atom stereocenters. The molecule has 22 heavy (non-hydrogen) atoms. The summed E-state index contributed by atoms with van der Waals surface area (Å²) >= 11 is 1.59. The molecule has 1 amide bonds. The molecule has 3 nitrogen and oxygen atoms in total. The molecular weight excluding hydrogens is 323 g/mol. The molecule has 1 aromatic carbocycles. The van der Waals surface area contributed by atoms with Gasteiger partial charge in [0.25, 0.3) is 0 Å². The maximum Gasteiger partial charge on any atom is 0.223 e. The standard InChI is InChI=1S/C16H23FN2OS.ClH/c1-11(10-21-15-5-3-13(17)4-6-15)16(20)19-14-7-8-18-12(2)9-14;/h3-6,11-12,14,18H,7-10H2,1-2H3,(H,19,20);1H. The van der Waals surface area contributed by atoms with Gasteiger partial charge >= 0.3 is 0 Å². The molecule has 2 N–H and O–H groups in total. The minimum Gasteiger partial charge on any atom is -0.353 e. The number of thioether (sulfide) groups is 1. The van der Waals surface area contributed by atoms with Crippen molar-refractivity contribution < 1.29 is 9.18 Å². The molecule has 1 aromatic rings.